The second-order valence-corrected chi connectivity index (χ2v) is 5.91. The Balaban J connectivity index is 1.80. The van der Waals surface area contributed by atoms with Gasteiger partial charge in [-0.3, -0.25) is 20.4 Å². The molecule has 6 heteroatoms. The van der Waals surface area contributed by atoms with E-state index in [0.717, 1.165) is 5.56 Å². The third-order valence-electron chi connectivity index (χ3n) is 3.35. The van der Waals surface area contributed by atoms with E-state index in [1.807, 2.05) is 12.1 Å². The van der Waals surface area contributed by atoms with Crippen molar-refractivity contribution in [3.05, 3.63) is 64.7 Å². The highest BCUT2D eigenvalue weighted by molar-refractivity contribution is 6.32. The van der Waals surface area contributed by atoms with Crippen molar-refractivity contribution in [2.45, 2.75) is 19.8 Å². The smallest absolute Gasteiger partial charge is 0.276 e. The Hall–Kier alpha value is -2.53. The lowest BCUT2D eigenvalue weighted by Crippen LogP contribution is -2.43. The fourth-order valence-electron chi connectivity index (χ4n) is 1.96. The van der Waals surface area contributed by atoms with Crippen molar-refractivity contribution in [3.63, 3.8) is 0 Å². The zero-order valence-corrected chi connectivity index (χ0v) is 14.3. The topological polar surface area (TPSA) is 67.4 Å². The van der Waals surface area contributed by atoms with E-state index in [1.54, 1.807) is 36.4 Å². The maximum Gasteiger partial charge on any atom is 0.276 e. The molecule has 126 valence electrons. The molecule has 5 nitrogen and oxygen atoms in total. The van der Waals surface area contributed by atoms with E-state index in [-0.39, 0.29) is 6.61 Å². The number of carbonyl (C=O) groups excluding carboxylic acids is 2. The molecule has 0 aliphatic carbocycles. The van der Waals surface area contributed by atoms with E-state index >= 15 is 0 Å². The molecule has 0 heterocycles. The van der Waals surface area contributed by atoms with Gasteiger partial charge in [-0.2, -0.15) is 0 Å². The van der Waals surface area contributed by atoms with Crippen LogP contribution in [0.1, 0.15) is 35.7 Å². The maximum atomic E-state index is 12.0. The Morgan fingerprint density at radius 2 is 1.71 bits per heavy atom. The normalized spacial score (nSPS) is 10.3. The van der Waals surface area contributed by atoms with Crippen LogP contribution in [-0.4, -0.2) is 18.4 Å². The molecule has 0 atom stereocenters. The summed E-state index contributed by atoms with van der Waals surface area (Å²) in [5, 5.41) is 0.416. The van der Waals surface area contributed by atoms with Gasteiger partial charge in [-0.05, 0) is 35.7 Å². The molecular formula is C18H19ClN2O3. The number of carbonyl (C=O) groups is 2. The van der Waals surface area contributed by atoms with Gasteiger partial charge in [0.25, 0.3) is 11.8 Å². The van der Waals surface area contributed by atoms with Gasteiger partial charge in [-0.1, -0.05) is 49.7 Å². The molecule has 0 aromatic heterocycles. The van der Waals surface area contributed by atoms with E-state index < -0.39 is 11.8 Å². The number of amides is 2. The Morgan fingerprint density at radius 1 is 1.04 bits per heavy atom. The lowest BCUT2D eigenvalue weighted by atomic mass is 10.0. The summed E-state index contributed by atoms with van der Waals surface area (Å²) in [5.74, 6) is -0.0767. The highest BCUT2D eigenvalue weighted by Crippen LogP contribution is 2.22. The third-order valence-corrected chi connectivity index (χ3v) is 3.66. The van der Waals surface area contributed by atoms with Gasteiger partial charge in [-0.15, -0.1) is 0 Å². The molecule has 0 saturated carbocycles. The molecule has 0 unspecified atom stereocenters. The van der Waals surface area contributed by atoms with E-state index in [1.165, 1.54) is 0 Å². The molecule has 2 rings (SSSR count). The van der Waals surface area contributed by atoms with Crippen molar-refractivity contribution in [1.29, 1.82) is 0 Å². The zero-order valence-electron chi connectivity index (χ0n) is 13.5. The monoisotopic (exact) mass is 346 g/mol. The van der Waals surface area contributed by atoms with Crippen molar-refractivity contribution in [2.24, 2.45) is 0 Å². The molecule has 2 amide bonds. The number of hydrogen-bond donors (Lipinski definition) is 2. The molecule has 2 aromatic rings. The van der Waals surface area contributed by atoms with Crippen LogP contribution < -0.4 is 15.6 Å². The van der Waals surface area contributed by atoms with Crippen LogP contribution in [-0.2, 0) is 4.79 Å². The van der Waals surface area contributed by atoms with E-state index in [9.17, 15) is 9.59 Å². The van der Waals surface area contributed by atoms with Gasteiger partial charge in [0.05, 0.1) is 5.02 Å². The molecule has 0 fully saturated rings. The van der Waals surface area contributed by atoms with E-state index in [2.05, 4.69) is 24.7 Å². The summed E-state index contributed by atoms with van der Waals surface area (Å²) < 4.78 is 5.28. The molecule has 0 aliphatic rings. The first-order valence-corrected chi connectivity index (χ1v) is 7.91. The highest BCUT2D eigenvalue weighted by Gasteiger charge is 2.09. The summed E-state index contributed by atoms with van der Waals surface area (Å²) in [5.41, 5.74) is 6.26. The molecule has 2 N–H and O–H groups in total. The third kappa shape index (κ3) is 4.99. The minimum atomic E-state index is -0.484. The van der Waals surface area contributed by atoms with Crippen molar-refractivity contribution < 1.29 is 14.3 Å². The molecule has 0 aliphatic heterocycles. The molecule has 0 saturated heterocycles. The Labute approximate surface area is 145 Å². The van der Waals surface area contributed by atoms with Gasteiger partial charge in [0.2, 0.25) is 0 Å². The molecule has 0 radical (unpaired) electrons. The van der Waals surface area contributed by atoms with Gasteiger partial charge >= 0.3 is 0 Å². The van der Waals surface area contributed by atoms with Crippen LogP contribution >= 0.6 is 11.6 Å². The average molecular weight is 347 g/mol. The van der Waals surface area contributed by atoms with E-state index in [0.29, 0.717) is 22.3 Å². The van der Waals surface area contributed by atoms with Crippen molar-refractivity contribution >= 4 is 23.4 Å². The second kappa shape index (κ2) is 8.36. The number of hydrazine groups is 1. The summed E-state index contributed by atoms with van der Waals surface area (Å²) in [6.45, 7) is 3.90. The number of rotatable bonds is 5. The first-order valence-electron chi connectivity index (χ1n) is 7.54. The predicted molar refractivity (Wildman–Crippen MR) is 93.1 cm³/mol. The van der Waals surface area contributed by atoms with Crippen LogP contribution in [0, 0.1) is 0 Å². The number of benzene rings is 2. The van der Waals surface area contributed by atoms with Gasteiger partial charge in [0.15, 0.2) is 6.61 Å². The Morgan fingerprint density at radius 3 is 2.33 bits per heavy atom. The van der Waals surface area contributed by atoms with Crippen LogP contribution in [0.15, 0.2) is 48.5 Å². The van der Waals surface area contributed by atoms with Crippen LogP contribution in [0.25, 0.3) is 0 Å². The molecule has 0 bridgehead atoms. The molecule has 2 aromatic carbocycles. The number of nitrogens with one attached hydrogen (secondary N) is 2. The van der Waals surface area contributed by atoms with Crippen LogP contribution in [0.5, 0.6) is 5.75 Å². The van der Waals surface area contributed by atoms with Crippen molar-refractivity contribution in [2.75, 3.05) is 6.61 Å². The summed E-state index contributed by atoms with van der Waals surface area (Å²) in [4.78, 5) is 23.7. The maximum absolute atomic E-state index is 12.0. The number of para-hydroxylation sites is 1. The fraction of sp³-hybridized carbons (Fsp3) is 0.222. The zero-order chi connectivity index (χ0) is 17.5. The largest absolute Gasteiger partial charge is 0.482 e. The number of ether oxygens (including phenoxy) is 1. The summed E-state index contributed by atoms with van der Waals surface area (Å²) in [6, 6.07) is 14.1. The van der Waals surface area contributed by atoms with Gasteiger partial charge in [0.1, 0.15) is 5.75 Å². The number of halogens is 1. The van der Waals surface area contributed by atoms with E-state index in [4.69, 9.17) is 16.3 Å². The standard InChI is InChI=1S/C18H19ClN2O3/c1-12(2)13-7-9-14(10-8-13)18(23)21-20-17(22)11-24-16-6-4-3-5-15(16)19/h3-10,12H,11H2,1-2H3,(H,20,22)(H,21,23). The van der Waals surface area contributed by atoms with Crippen molar-refractivity contribution in [1.82, 2.24) is 10.9 Å². The molecule has 24 heavy (non-hydrogen) atoms. The van der Waals surface area contributed by atoms with Gasteiger partial charge in [-0.25, -0.2) is 0 Å². The molecular weight excluding hydrogens is 328 g/mol. The number of hydrogen-bond acceptors (Lipinski definition) is 3. The van der Waals surface area contributed by atoms with Gasteiger partial charge in [0, 0.05) is 5.56 Å². The van der Waals surface area contributed by atoms with Crippen LogP contribution in [0.4, 0.5) is 0 Å². The summed E-state index contributed by atoms with van der Waals surface area (Å²) in [7, 11) is 0. The Kier molecular flexibility index (Phi) is 6.21. The summed E-state index contributed by atoms with van der Waals surface area (Å²) in [6.07, 6.45) is 0. The highest BCUT2D eigenvalue weighted by atomic mass is 35.5. The predicted octanol–water partition coefficient (Wildman–Crippen LogP) is 3.30. The van der Waals surface area contributed by atoms with Crippen LogP contribution in [0.2, 0.25) is 5.02 Å². The van der Waals surface area contributed by atoms with Crippen LogP contribution in [0.3, 0.4) is 0 Å². The van der Waals surface area contributed by atoms with Crippen molar-refractivity contribution in [3.8, 4) is 5.75 Å². The molecule has 0 spiro atoms. The van der Waals surface area contributed by atoms with Gasteiger partial charge < -0.3 is 4.74 Å². The SMILES string of the molecule is CC(C)c1ccc(C(=O)NNC(=O)COc2ccccc2Cl)cc1. The average Bonchev–Trinajstić information content (AvgIpc) is 2.59. The first-order chi connectivity index (χ1) is 11.5. The minimum absolute atomic E-state index is 0.254. The summed E-state index contributed by atoms with van der Waals surface area (Å²) >= 11 is 5.92. The Bertz CT molecular complexity index is 714. The fourth-order valence-corrected chi connectivity index (χ4v) is 2.15. The first kappa shape index (κ1) is 17.8. The second-order valence-electron chi connectivity index (χ2n) is 5.50. The quantitative estimate of drug-likeness (QED) is 0.816. The lowest BCUT2D eigenvalue weighted by molar-refractivity contribution is -0.123. The lowest BCUT2D eigenvalue weighted by Gasteiger charge is -2.10. The minimum Gasteiger partial charge on any atom is -0.482 e.